The fourth-order valence-corrected chi connectivity index (χ4v) is 3.01. The largest absolute Gasteiger partial charge is 0.355 e. The molecule has 104 valence electrons. The topological polar surface area (TPSA) is 29.1 Å². The molecule has 1 aromatic rings. The molecule has 0 radical (unpaired) electrons. The van der Waals surface area contributed by atoms with Crippen LogP contribution >= 0.6 is 15.9 Å². The summed E-state index contributed by atoms with van der Waals surface area (Å²) in [5.74, 6) is 0.240. The molecule has 0 spiro atoms. The van der Waals surface area contributed by atoms with Crippen molar-refractivity contribution in [3.05, 3.63) is 34.3 Å². The lowest BCUT2D eigenvalue weighted by molar-refractivity contribution is -0.131. The third-order valence-electron chi connectivity index (χ3n) is 4.12. The van der Waals surface area contributed by atoms with Gasteiger partial charge >= 0.3 is 0 Å². The predicted molar refractivity (Wildman–Crippen MR) is 82.0 cm³/mol. The molecular formula is C16H22BrNO. The Morgan fingerprint density at radius 1 is 1.21 bits per heavy atom. The van der Waals surface area contributed by atoms with Crippen LogP contribution in [-0.2, 0) is 11.2 Å². The standard InChI is InChI=1S/C16H22BrNO/c1-16(10-3-2-4-11-16)15(19)18-12-9-13-5-7-14(17)8-6-13/h5-8H,2-4,9-12H2,1H3,(H,18,19). The average molecular weight is 324 g/mol. The van der Waals surface area contributed by atoms with E-state index in [4.69, 9.17) is 0 Å². The van der Waals surface area contributed by atoms with Crippen LogP contribution < -0.4 is 5.32 Å². The van der Waals surface area contributed by atoms with Gasteiger partial charge in [-0.25, -0.2) is 0 Å². The molecule has 0 bridgehead atoms. The molecule has 1 amide bonds. The Balaban J connectivity index is 1.78. The van der Waals surface area contributed by atoms with Gasteiger partial charge in [0.05, 0.1) is 0 Å². The number of halogens is 1. The highest BCUT2D eigenvalue weighted by Crippen LogP contribution is 2.35. The lowest BCUT2D eigenvalue weighted by Gasteiger charge is -2.32. The summed E-state index contributed by atoms with van der Waals surface area (Å²) in [6, 6.07) is 8.27. The molecule has 3 heteroatoms. The van der Waals surface area contributed by atoms with Gasteiger partial charge in [0.1, 0.15) is 0 Å². The first kappa shape index (κ1) is 14.6. The van der Waals surface area contributed by atoms with Gasteiger partial charge in [0.15, 0.2) is 0 Å². The second-order valence-electron chi connectivity index (χ2n) is 5.75. The minimum absolute atomic E-state index is 0.127. The summed E-state index contributed by atoms with van der Waals surface area (Å²) < 4.78 is 1.09. The van der Waals surface area contributed by atoms with Crippen LogP contribution in [-0.4, -0.2) is 12.5 Å². The average Bonchev–Trinajstić information content (AvgIpc) is 2.42. The molecule has 1 fully saturated rings. The molecule has 0 aliphatic heterocycles. The zero-order valence-corrected chi connectivity index (χ0v) is 13.1. The highest BCUT2D eigenvalue weighted by molar-refractivity contribution is 9.10. The van der Waals surface area contributed by atoms with Crippen LogP contribution in [0.5, 0.6) is 0 Å². The van der Waals surface area contributed by atoms with E-state index >= 15 is 0 Å². The summed E-state index contributed by atoms with van der Waals surface area (Å²) in [6.45, 7) is 2.84. The minimum Gasteiger partial charge on any atom is -0.355 e. The Kier molecular flexibility index (Phi) is 5.03. The molecule has 1 N–H and O–H groups in total. The number of nitrogens with one attached hydrogen (secondary N) is 1. The number of benzene rings is 1. The third-order valence-corrected chi connectivity index (χ3v) is 4.65. The van der Waals surface area contributed by atoms with Crippen LogP contribution in [0.2, 0.25) is 0 Å². The summed E-state index contributed by atoms with van der Waals surface area (Å²) >= 11 is 3.43. The van der Waals surface area contributed by atoms with E-state index in [-0.39, 0.29) is 11.3 Å². The van der Waals surface area contributed by atoms with E-state index in [1.807, 2.05) is 12.1 Å². The first-order valence-corrected chi connectivity index (χ1v) is 7.92. The molecule has 0 aromatic heterocycles. The Morgan fingerprint density at radius 3 is 2.47 bits per heavy atom. The molecule has 2 rings (SSSR count). The SMILES string of the molecule is CC1(C(=O)NCCc2ccc(Br)cc2)CCCCC1. The maximum atomic E-state index is 12.2. The highest BCUT2D eigenvalue weighted by Gasteiger charge is 2.33. The van der Waals surface area contributed by atoms with Crippen LogP contribution in [0.25, 0.3) is 0 Å². The summed E-state index contributed by atoms with van der Waals surface area (Å²) in [5.41, 5.74) is 1.13. The number of carbonyl (C=O) groups is 1. The van der Waals surface area contributed by atoms with Gasteiger partial charge < -0.3 is 5.32 Å². The van der Waals surface area contributed by atoms with E-state index in [0.717, 1.165) is 30.3 Å². The molecule has 1 aliphatic carbocycles. The van der Waals surface area contributed by atoms with Crippen molar-refractivity contribution >= 4 is 21.8 Å². The third kappa shape index (κ3) is 4.07. The van der Waals surface area contributed by atoms with Gasteiger partial charge in [-0.05, 0) is 37.0 Å². The Hall–Kier alpha value is -0.830. The molecule has 0 atom stereocenters. The number of rotatable bonds is 4. The summed E-state index contributed by atoms with van der Waals surface area (Å²) in [7, 11) is 0. The monoisotopic (exact) mass is 323 g/mol. The lowest BCUT2D eigenvalue weighted by Crippen LogP contribution is -2.41. The Bertz CT molecular complexity index is 421. The van der Waals surface area contributed by atoms with Gasteiger partial charge in [0.25, 0.3) is 0 Å². The zero-order valence-electron chi connectivity index (χ0n) is 11.5. The second kappa shape index (κ2) is 6.56. The lowest BCUT2D eigenvalue weighted by atomic mass is 9.75. The van der Waals surface area contributed by atoms with Gasteiger partial charge in [0, 0.05) is 16.4 Å². The van der Waals surface area contributed by atoms with E-state index in [1.54, 1.807) is 0 Å². The summed E-state index contributed by atoms with van der Waals surface area (Å²) in [6.07, 6.45) is 6.64. The molecule has 0 unspecified atom stereocenters. The van der Waals surface area contributed by atoms with Crippen LogP contribution in [0.3, 0.4) is 0 Å². The Morgan fingerprint density at radius 2 is 1.84 bits per heavy atom. The van der Waals surface area contributed by atoms with Gasteiger partial charge in [-0.1, -0.05) is 54.2 Å². The summed E-state index contributed by atoms with van der Waals surface area (Å²) in [5, 5.41) is 3.11. The van der Waals surface area contributed by atoms with Gasteiger partial charge in [-0.2, -0.15) is 0 Å². The van der Waals surface area contributed by atoms with Crippen molar-refractivity contribution in [1.29, 1.82) is 0 Å². The molecule has 1 saturated carbocycles. The van der Waals surface area contributed by atoms with Crippen LogP contribution in [0.4, 0.5) is 0 Å². The van der Waals surface area contributed by atoms with E-state index in [1.165, 1.54) is 24.8 Å². The van der Waals surface area contributed by atoms with Crippen LogP contribution in [0.1, 0.15) is 44.6 Å². The molecule has 1 aromatic carbocycles. The number of hydrogen-bond acceptors (Lipinski definition) is 1. The van der Waals surface area contributed by atoms with Gasteiger partial charge in [-0.15, -0.1) is 0 Å². The molecule has 0 heterocycles. The second-order valence-corrected chi connectivity index (χ2v) is 6.67. The van der Waals surface area contributed by atoms with Crippen LogP contribution in [0, 0.1) is 5.41 Å². The smallest absolute Gasteiger partial charge is 0.225 e. The molecule has 2 nitrogen and oxygen atoms in total. The maximum absolute atomic E-state index is 12.2. The minimum atomic E-state index is -0.127. The van der Waals surface area contributed by atoms with Crippen molar-refractivity contribution in [2.75, 3.05) is 6.54 Å². The van der Waals surface area contributed by atoms with E-state index in [9.17, 15) is 4.79 Å². The quantitative estimate of drug-likeness (QED) is 0.888. The van der Waals surface area contributed by atoms with Crippen molar-refractivity contribution in [2.45, 2.75) is 45.4 Å². The van der Waals surface area contributed by atoms with Crippen molar-refractivity contribution < 1.29 is 4.79 Å². The molecule has 19 heavy (non-hydrogen) atoms. The fraction of sp³-hybridized carbons (Fsp3) is 0.562. The number of hydrogen-bond donors (Lipinski definition) is 1. The normalized spacial score (nSPS) is 18.0. The van der Waals surface area contributed by atoms with Crippen LogP contribution in [0.15, 0.2) is 28.7 Å². The predicted octanol–water partition coefficient (Wildman–Crippen LogP) is 4.08. The van der Waals surface area contributed by atoms with Crippen molar-refractivity contribution in [3.8, 4) is 0 Å². The number of amides is 1. The number of carbonyl (C=O) groups excluding carboxylic acids is 1. The van der Waals surface area contributed by atoms with E-state index < -0.39 is 0 Å². The zero-order chi connectivity index (χ0) is 13.7. The first-order chi connectivity index (χ1) is 9.10. The fourth-order valence-electron chi connectivity index (χ4n) is 2.74. The van der Waals surface area contributed by atoms with Crippen molar-refractivity contribution in [2.24, 2.45) is 5.41 Å². The molecule has 1 aliphatic rings. The van der Waals surface area contributed by atoms with Crippen molar-refractivity contribution in [3.63, 3.8) is 0 Å². The van der Waals surface area contributed by atoms with E-state index in [0.29, 0.717) is 0 Å². The van der Waals surface area contributed by atoms with E-state index in [2.05, 4.69) is 40.3 Å². The van der Waals surface area contributed by atoms with Crippen molar-refractivity contribution in [1.82, 2.24) is 5.32 Å². The van der Waals surface area contributed by atoms with Gasteiger partial charge in [0.2, 0.25) is 5.91 Å². The molecule has 0 saturated heterocycles. The highest BCUT2D eigenvalue weighted by atomic mass is 79.9. The first-order valence-electron chi connectivity index (χ1n) is 7.13. The van der Waals surface area contributed by atoms with Gasteiger partial charge in [-0.3, -0.25) is 4.79 Å². The summed E-state index contributed by atoms with van der Waals surface area (Å²) in [4.78, 5) is 12.2. The Labute approximate surface area is 124 Å². The molecular weight excluding hydrogens is 302 g/mol. The maximum Gasteiger partial charge on any atom is 0.225 e.